The van der Waals surface area contributed by atoms with Crippen LogP contribution in [0, 0.1) is 0 Å². The first-order valence-electron chi connectivity index (χ1n) is 6.40. The number of fused-ring (bicyclic) bond motifs is 1. The lowest BCUT2D eigenvalue weighted by Gasteiger charge is -2.07. The Morgan fingerprint density at radius 3 is 3.14 bits per heavy atom. The molecular weight excluding hydrogens is 310 g/mol. The Morgan fingerprint density at radius 2 is 2.33 bits per heavy atom. The summed E-state index contributed by atoms with van der Waals surface area (Å²) < 4.78 is 1.54. The van der Waals surface area contributed by atoms with Gasteiger partial charge in [-0.05, 0) is 17.7 Å². The summed E-state index contributed by atoms with van der Waals surface area (Å²) in [5.41, 5.74) is 0.664. The minimum absolute atomic E-state index is 0.0725. The molecule has 1 amide bonds. The lowest BCUT2D eigenvalue weighted by Crippen LogP contribution is -2.33. The van der Waals surface area contributed by atoms with E-state index in [1.54, 1.807) is 16.7 Å². The fourth-order valence-electron chi connectivity index (χ4n) is 2.10. The number of rotatable bonds is 3. The maximum Gasteiger partial charge on any atom is 0.267 e. The number of nitrogens with one attached hydrogen (secondary N) is 1. The molecule has 0 saturated heterocycles. The third-order valence-electron chi connectivity index (χ3n) is 3.14. The summed E-state index contributed by atoms with van der Waals surface area (Å²) in [4.78, 5) is 28.5. The normalized spacial score (nSPS) is 13.0. The molecule has 1 aliphatic rings. The van der Waals surface area contributed by atoms with E-state index in [-0.39, 0.29) is 11.1 Å². The standard InChI is InChI=1S/C14H12ClN3O2S/c15-10-3-1-2-9(6-10)7-16-12(19)11-8-17-14-18(13(11)20)4-5-21-14/h1-3,6,8H,4-5,7H2,(H,16,19). The monoisotopic (exact) mass is 321 g/mol. The molecule has 7 heteroatoms. The van der Waals surface area contributed by atoms with Crippen LogP contribution in [0.5, 0.6) is 0 Å². The van der Waals surface area contributed by atoms with Crippen LogP contribution in [-0.2, 0) is 13.1 Å². The van der Waals surface area contributed by atoms with E-state index in [0.29, 0.717) is 23.3 Å². The third-order valence-corrected chi connectivity index (χ3v) is 4.35. The van der Waals surface area contributed by atoms with Crippen LogP contribution < -0.4 is 10.9 Å². The Kier molecular flexibility index (Phi) is 3.98. The molecule has 1 N–H and O–H groups in total. The second kappa shape index (κ2) is 5.91. The number of aromatic nitrogens is 2. The highest BCUT2D eigenvalue weighted by atomic mass is 35.5. The molecule has 1 aromatic heterocycles. The molecule has 21 heavy (non-hydrogen) atoms. The predicted molar refractivity (Wildman–Crippen MR) is 81.8 cm³/mol. The average molecular weight is 322 g/mol. The molecule has 0 spiro atoms. The fraction of sp³-hybridized carbons (Fsp3) is 0.214. The van der Waals surface area contributed by atoms with Gasteiger partial charge in [0.15, 0.2) is 5.16 Å². The van der Waals surface area contributed by atoms with Crippen molar-refractivity contribution in [1.82, 2.24) is 14.9 Å². The largest absolute Gasteiger partial charge is 0.348 e. The number of nitrogens with zero attached hydrogens (tertiary/aromatic N) is 2. The number of hydrogen-bond acceptors (Lipinski definition) is 4. The van der Waals surface area contributed by atoms with Gasteiger partial charge < -0.3 is 5.32 Å². The van der Waals surface area contributed by atoms with Crippen LogP contribution >= 0.6 is 23.4 Å². The lowest BCUT2D eigenvalue weighted by atomic mass is 10.2. The van der Waals surface area contributed by atoms with Gasteiger partial charge in [0.25, 0.3) is 11.5 Å². The van der Waals surface area contributed by atoms with E-state index in [4.69, 9.17) is 11.6 Å². The first kappa shape index (κ1) is 14.2. The van der Waals surface area contributed by atoms with Crippen LogP contribution in [0.3, 0.4) is 0 Å². The molecule has 5 nitrogen and oxygen atoms in total. The number of benzene rings is 1. The molecule has 0 unspecified atom stereocenters. The van der Waals surface area contributed by atoms with Gasteiger partial charge in [-0.2, -0.15) is 0 Å². The zero-order chi connectivity index (χ0) is 14.8. The Balaban J connectivity index is 1.76. The van der Waals surface area contributed by atoms with E-state index in [1.807, 2.05) is 12.1 Å². The zero-order valence-corrected chi connectivity index (χ0v) is 12.6. The number of carbonyl (C=O) groups is 1. The van der Waals surface area contributed by atoms with E-state index in [2.05, 4.69) is 10.3 Å². The second-order valence-electron chi connectivity index (χ2n) is 4.57. The van der Waals surface area contributed by atoms with Gasteiger partial charge in [0.05, 0.1) is 0 Å². The SMILES string of the molecule is O=C(NCc1cccc(Cl)c1)c1cnc2n(c1=O)CCS2. The lowest BCUT2D eigenvalue weighted by molar-refractivity contribution is 0.0948. The summed E-state index contributed by atoms with van der Waals surface area (Å²) in [7, 11) is 0. The van der Waals surface area contributed by atoms with Gasteiger partial charge in [-0.1, -0.05) is 35.5 Å². The fourth-order valence-corrected chi connectivity index (χ4v) is 3.22. The van der Waals surface area contributed by atoms with Crippen molar-refractivity contribution in [3.63, 3.8) is 0 Å². The molecule has 2 aromatic rings. The summed E-state index contributed by atoms with van der Waals surface area (Å²) in [5, 5.41) is 4.00. The van der Waals surface area contributed by atoms with Crippen molar-refractivity contribution in [2.45, 2.75) is 18.2 Å². The van der Waals surface area contributed by atoms with E-state index >= 15 is 0 Å². The predicted octanol–water partition coefficient (Wildman–Crippen LogP) is 1.93. The molecule has 0 aliphatic carbocycles. The van der Waals surface area contributed by atoms with Crippen LogP contribution in [0.4, 0.5) is 0 Å². The molecule has 0 fully saturated rings. The van der Waals surface area contributed by atoms with Crippen molar-refractivity contribution in [2.24, 2.45) is 0 Å². The van der Waals surface area contributed by atoms with Gasteiger partial charge in [0.2, 0.25) is 0 Å². The van der Waals surface area contributed by atoms with Crippen molar-refractivity contribution in [3.05, 3.63) is 57.0 Å². The zero-order valence-electron chi connectivity index (χ0n) is 11.0. The minimum Gasteiger partial charge on any atom is -0.348 e. The van der Waals surface area contributed by atoms with Crippen LogP contribution in [0.25, 0.3) is 0 Å². The highest BCUT2D eigenvalue weighted by molar-refractivity contribution is 7.99. The van der Waals surface area contributed by atoms with Crippen molar-refractivity contribution in [2.75, 3.05) is 5.75 Å². The van der Waals surface area contributed by atoms with Crippen LogP contribution in [0.1, 0.15) is 15.9 Å². The number of amides is 1. The third kappa shape index (κ3) is 2.96. The Morgan fingerprint density at radius 1 is 1.48 bits per heavy atom. The van der Waals surface area contributed by atoms with Crippen molar-refractivity contribution in [1.29, 1.82) is 0 Å². The van der Waals surface area contributed by atoms with Crippen molar-refractivity contribution in [3.8, 4) is 0 Å². The minimum atomic E-state index is -0.417. The van der Waals surface area contributed by atoms with Gasteiger partial charge in [-0.15, -0.1) is 0 Å². The number of halogens is 1. The molecule has 0 saturated carbocycles. The maximum atomic E-state index is 12.2. The number of thioether (sulfide) groups is 1. The summed E-state index contributed by atoms with van der Waals surface area (Å²) >= 11 is 7.41. The molecule has 2 heterocycles. The topological polar surface area (TPSA) is 64.0 Å². The first-order chi connectivity index (χ1) is 10.1. The van der Waals surface area contributed by atoms with E-state index in [1.165, 1.54) is 18.0 Å². The molecule has 0 radical (unpaired) electrons. The number of hydrogen-bond donors (Lipinski definition) is 1. The highest BCUT2D eigenvalue weighted by Crippen LogP contribution is 2.20. The Hall–Kier alpha value is -1.79. The van der Waals surface area contributed by atoms with E-state index < -0.39 is 5.91 Å². The quantitative estimate of drug-likeness (QED) is 0.877. The molecule has 0 bridgehead atoms. The van der Waals surface area contributed by atoms with Gasteiger partial charge in [-0.3, -0.25) is 14.2 Å². The maximum absolute atomic E-state index is 12.2. The van der Waals surface area contributed by atoms with E-state index in [0.717, 1.165) is 11.3 Å². The molecule has 1 aliphatic heterocycles. The summed E-state index contributed by atoms with van der Waals surface area (Å²) in [5.74, 6) is 0.398. The average Bonchev–Trinajstić information content (AvgIpc) is 2.95. The van der Waals surface area contributed by atoms with Gasteiger partial charge in [0, 0.05) is 30.1 Å². The van der Waals surface area contributed by atoms with E-state index in [9.17, 15) is 9.59 Å². The van der Waals surface area contributed by atoms with Gasteiger partial charge >= 0.3 is 0 Å². The van der Waals surface area contributed by atoms with Crippen LogP contribution in [0.2, 0.25) is 5.02 Å². The molecule has 1 aromatic carbocycles. The summed E-state index contributed by atoms with van der Waals surface area (Å²) in [6.45, 7) is 0.913. The summed E-state index contributed by atoms with van der Waals surface area (Å²) in [6.07, 6.45) is 1.35. The van der Waals surface area contributed by atoms with Crippen LogP contribution in [0.15, 0.2) is 40.4 Å². The Labute approximate surface area is 130 Å². The molecule has 108 valence electrons. The molecule has 0 atom stereocenters. The smallest absolute Gasteiger partial charge is 0.267 e. The second-order valence-corrected chi connectivity index (χ2v) is 6.07. The van der Waals surface area contributed by atoms with Crippen LogP contribution in [-0.4, -0.2) is 21.2 Å². The van der Waals surface area contributed by atoms with Crippen molar-refractivity contribution < 1.29 is 4.79 Å². The first-order valence-corrected chi connectivity index (χ1v) is 7.77. The van der Waals surface area contributed by atoms with Crippen molar-refractivity contribution >= 4 is 29.3 Å². The van der Waals surface area contributed by atoms with Gasteiger partial charge in [0.1, 0.15) is 5.56 Å². The Bertz CT molecular complexity index is 760. The highest BCUT2D eigenvalue weighted by Gasteiger charge is 2.19. The molecule has 3 rings (SSSR count). The van der Waals surface area contributed by atoms with Gasteiger partial charge in [-0.25, -0.2) is 4.98 Å². The molecular formula is C14H12ClN3O2S. The number of carbonyl (C=O) groups excluding carboxylic acids is 1. The summed E-state index contributed by atoms with van der Waals surface area (Å²) in [6, 6.07) is 7.21.